The second kappa shape index (κ2) is 9.34. The van der Waals surface area contributed by atoms with Gasteiger partial charge in [-0.1, -0.05) is 18.2 Å². The molecule has 0 bridgehead atoms. The normalized spacial score (nSPS) is 13.7. The number of aromatic nitrogens is 2. The highest BCUT2D eigenvalue weighted by Crippen LogP contribution is 2.16. The van der Waals surface area contributed by atoms with Crippen molar-refractivity contribution in [1.29, 1.82) is 0 Å². The largest absolute Gasteiger partial charge is 0.497 e. The lowest BCUT2D eigenvalue weighted by molar-refractivity contribution is -0.130. The van der Waals surface area contributed by atoms with Gasteiger partial charge in [0.15, 0.2) is 5.69 Å². The van der Waals surface area contributed by atoms with Crippen LogP contribution in [0.25, 0.3) is 5.69 Å². The summed E-state index contributed by atoms with van der Waals surface area (Å²) in [6.07, 6.45) is 1.71. The molecule has 2 amide bonds. The number of benzene rings is 2. The summed E-state index contributed by atoms with van der Waals surface area (Å²) in [7, 11) is 1.61. The van der Waals surface area contributed by atoms with Gasteiger partial charge in [-0.2, -0.15) is 5.10 Å². The van der Waals surface area contributed by atoms with Crippen molar-refractivity contribution in [3.63, 3.8) is 0 Å². The first kappa shape index (κ1) is 20.5. The molecule has 1 N–H and O–H groups in total. The van der Waals surface area contributed by atoms with Crippen molar-refractivity contribution >= 4 is 17.5 Å². The lowest BCUT2D eigenvalue weighted by Gasteiger charge is -2.36. The quantitative estimate of drug-likeness (QED) is 0.661. The molecule has 31 heavy (non-hydrogen) atoms. The van der Waals surface area contributed by atoms with Crippen LogP contribution in [0.4, 0.5) is 5.69 Å². The van der Waals surface area contributed by atoms with Crippen molar-refractivity contribution < 1.29 is 14.3 Å². The number of methoxy groups -OCH3 is 1. The molecule has 0 radical (unpaired) electrons. The summed E-state index contributed by atoms with van der Waals surface area (Å²) in [6.45, 7) is 2.77. The minimum atomic E-state index is -0.372. The van der Waals surface area contributed by atoms with Crippen molar-refractivity contribution in [2.24, 2.45) is 0 Å². The summed E-state index contributed by atoms with van der Waals surface area (Å²) >= 11 is 0. The number of nitrogens with one attached hydrogen (secondary N) is 1. The molecule has 0 spiro atoms. The number of hydrogen-bond acceptors (Lipinski definition) is 5. The van der Waals surface area contributed by atoms with Gasteiger partial charge in [-0.15, -0.1) is 0 Å². The summed E-state index contributed by atoms with van der Waals surface area (Å²) in [5, 5.41) is 6.98. The Morgan fingerprint density at radius 2 is 1.65 bits per heavy atom. The van der Waals surface area contributed by atoms with Crippen molar-refractivity contribution in [2.45, 2.75) is 0 Å². The molecule has 0 unspecified atom stereocenters. The van der Waals surface area contributed by atoms with E-state index >= 15 is 0 Å². The SMILES string of the molecule is COc1ccc(-n2ccc(C(=O)NCC(=O)N3CCN(c4ccccc4)CC3)n2)cc1. The molecule has 1 fully saturated rings. The first-order valence-corrected chi connectivity index (χ1v) is 10.2. The summed E-state index contributed by atoms with van der Waals surface area (Å²) in [4.78, 5) is 29.0. The van der Waals surface area contributed by atoms with Gasteiger partial charge in [0, 0.05) is 38.1 Å². The number of anilines is 1. The molecule has 4 rings (SSSR count). The molecule has 3 aromatic rings. The van der Waals surface area contributed by atoms with Crippen LogP contribution in [0.1, 0.15) is 10.5 Å². The van der Waals surface area contributed by atoms with Gasteiger partial charge in [0.1, 0.15) is 5.75 Å². The third-order valence-corrected chi connectivity index (χ3v) is 5.31. The minimum Gasteiger partial charge on any atom is -0.497 e. The van der Waals surface area contributed by atoms with Crippen LogP contribution in [0.2, 0.25) is 0 Å². The Bertz CT molecular complexity index is 1020. The van der Waals surface area contributed by atoms with Gasteiger partial charge in [-0.05, 0) is 42.5 Å². The first-order valence-electron chi connectivity index (χ1n) is 10.2. The number of ether oxygens (including phenoxy) is 1. The maximum absolute atomic E-state index is 12.5. The number of carbonyl (C=O) groups excluding carboxylic acids is 2. The summed E-state index contributed by atoms with van der Waals surface area (Å²) in [5.41, 5.74) is 2.24. The number of para-hydroxylation sites is 1. The molecule has 0 atom stereocenters. The van der Waals surface area contributed by atoms with Crippen LogP contribution < -0.4 is 15.0 Å². The number of rotatable bonds is 6. The minimum absolute atomic E-state index is 0.0421. The van der Waals surface area contributed by atoms with Gasteiger partial charge >= 0.3 is 0 Å². The summed E-state index contributed by atoms with van der Waals surface area (Å²) in [5.74, 6) is 0.288. The van der Waals surface area contributed by atoms with Crippen LogP contribution >= 0.6 is 0 Å². The second-order valence-electron chi connectivity index (χ2n) is 7.23. The van der Waals surface area contributed by atoms with Gasteiger partial charge < -0.3 is 19.9 Å². The Balaban J connectivity index is 1.27. The molecule has 1 saturated heterocycles. The standard InChI is InChI=1S/C23H25N5O3/c1-31-20-9-7-19(8-10-20)28-12-11-21(25-28)23(30)24-17-22(29)27-15-13-26(14-16-27)18-5-3-2-4-6-18/h2-12H,13-17H2,1H3,(H,24,30). The molecule has 2 heterocycles. The Labute approximate surface area is 181 Å². The van der Waals surface area contributed by atoms with Crippen LogP contribution in [-0.2, 0) is 4.79 Å². The number of amides is 2. The van der Waals surface area contributed by atoms with E-state index < -0.39 is 0 Å². The van der Waals surface area contributed by atoms with Crippen molar-refractivity contribution in [1.82, 2.24) is 20.0 Å². The van der Waals surface area contributed by atoms with Crippen LogP contribution in [0.3, 0.4) is 0 Å². The molecule has 1 aliphatic heterocycles. The van der Waals surface area contributed by atoms with E-state index in [2.05, 4.69) is 27.4 Å². The average molecular weight is 419 g/mol. The van der Waals surface area contributed by atoms with Crippen LogP contribution in [-0.4, -0.2) is 66.3 Å². The third kappa shape index (κ3) is 4.85. The average Bonchev–Trinajstić information content (AvgIpc) is 3.33. The molecule has 1 aliphatic rings. The fourth-order valence-electron chi connectivity index (χ4n) is 3.53. The monoisotopic (exact) mass is 419 g/mol. The smallest absolute Gasteiger partial charge is 0.272 e. The summed E-state index contributed by atoms with van der Waals surface area (Å²) in [6, 6.07) is 19.1. The maximum Gasteiger partial charge on any atom is 0.272 e. The zero-order valence-corrected chi connectivity index (χ0v) is 17.4. The van der Waals surface area contributed by atoms with Gasteiger partial charge in [0.25, 0.3) is 5.91 Å². The first-order chi connectivity index (χ1) is 15.1. The van der Waals surface area contributed by atoms with Crippen molar-refractivity contribution in [2.75, 3.05) is 44.7 Å². The van der Waals surface area contributed by atoms with E-state index in [-0.39, 0.29) is 24.1 Å². The highest BCUT2D eigenvalue weighted by atomic mass is 16.5. The molecule has 2 aromatic carbocycles. The van der Waals surface area contributed by atoms with E-state index in [4.69, 9.17) is 4.74 Å². The molecule has 0 aliphatic carbocycles. The van der Waals surface area contributed by atoms with E-state index in [1.807, 2.05) is 42.5 Å². The topological polar surface area (TPSA) is 79.7 Å². The number of nitrogens with zero attached hydrogens (tertiary/aromatic N) is 4. The van der Waals surface area contributed by atoms with Crippen molar-refractivity contribution in [3.05, 3.63) is 72.6 Å². The molecule has 8 heteroatoms. The van der Waals surface area contributed by atoms with E-state index in [9.17, 15) is 9.59 Å². The van der Waals surface area contributed by atoms with E-state index in [0.717, 1.165) is 30.2 Å². The molecular weight excluding hydrogens is 394 g/mol. The third-order valence-electron chi connectivity index (χ3n) is 5.31. The highest BCUT2D eigenvalue weighted by molar-refractivity contribution is 5.94. The van der Waals surface area contributed by atoms with Gasteiger partial charge in [-0.25, -0.2) is 4.68 Å². The van der Waals surface area contributed by atoms with E-state index in [0.29, 0.717) is 13.1 Å². The van der Waals surface area contributed by atoms with Gasteiger partial charge in [-0.3, -0.25) is 9.59 Å². The predicted molar refractivity (Wildman–Crippen MR) is 118 cm³/mol. The van der Waals surface area contributed by atoms with Crippen LogP contribution in [0.5, 0.6) is 5.75 Å². The fourth-order valence-corrected chi connectivity index (χ4v) is 3.53. The van der Waals surface area contributed by atoms with E-state index in [1.165, 1.54) is 0 Å². The zero-order valence-electron chi connectivity index (χ0n) is 17.4. The Kier molecular flexibility index (Phi) is 6.16. The lowest BCUT2D eigenvalue weighted by Crippen LogP contribution is -2.51. The Morgan fingerprint density at radius 1 is 0.935 bits per heavy atom. The summed E-state index contributed by atoms with van der Waals surface area (Å²) < 4.78 is 6.76. The van der Waals surface area contributed by atoms with Crippen molar-refractivity contribution in [3.8, 4) is 11.4 Å². The molecule has 8 nitrogen and oxygen atoms in total. The fraction of sp³-hybridized carbons (Fsp3) is 0.261. The number of carbonyl (C=O) groups is 2. The highest BCUT2D eigenvalue weighted by Gasteiger charge is 2.22. The number of piperazine rings is 1. The van der Waals surface area contributed by atoms with Crippen LogP contribution in [0.15, 0.2) is 66.9 Å². The van der Waals surface area contributed by atoms with Crippen LogP contribution in [0, 0.1) is 0 Å². The zero-order chi connectivity index (χ0) is 21.6. The number of hydrogen-bond donors (Lipinski definition) is 1. The second-order valence-corrected chi connectivity index (χ2v) is 7.23. The Hall–Kier alpha value is -3.81. The van der Waals surface area contributed by atoms with E-state index in [1.54, 1.807) is 29.0 Å². The predicted octanol–water partition coefficient (Wildman–Crippen LogP) is 1.96. The Morgan fingerprint density at radius 3 is 2.32 bits per heavy atom. The molecule has 0 saturated carbocycles. The van der Waals surface area contributed by atoms with Gasteiger partial charge in [0.05, 0.1) is 19.3 Å². The lowest BCUT2D eigenvalue weighted by atomic mass is 10.2. The van der Waals surface area contributed by atoms with Gasteiger partial charge in [0.2, 0.25) is 5.91 Å². The maximum atomic E-state index is 12.5. The molecular formula is C23H25N5O3. The molecule has 1 aromatic heterocycles. The molecule has 160 valence electrons.